The molecule has 0 aliphatic rings. The second-order valence-corrected chi connectivity index (χ2v) is 7.73. The van der Waals surface area contributed by atoms with E-state index in [1.165, 1.54) is 6.20 Å². The third-order valence-corrected chi connectivity index (χ3v) is 5.67. The Labute approximate surface area is 193 Å². The summed E-state index contributed by atoms with van der Waals surface area (Å²) in [5.74, 6) is 0.708. The minimum absolute atomic E-state index is 0.187. The topological polar surface area (TPSA) is 66.8 Å². The van der Waals surface area contributed by atoms with E-state index in [2.05, 4.69) is 25.3 Å². The molecule has 0 aliphatic carbocycles. The van der Waals surface area contributed by atoms with Crippen LogP contribution < -0.4 is 10.2 Å². The van der Waals surface area contributed by atoms with E-state index in [1.54, 1.807) is 37.6 Å². The molecule has 6 nitrogen and oxygen atoms in total. The van der Waals surface area contributed by atoms with Crippen LogP contribution >= 0.6 is 0 Å². The maximum absolute atomic E-state index is 13.3. The molecule has 0 spiro atoms. The first-order valence-corrected chi connectivity index (χ1v) is 10.4. The number of hydrogen-bond donors (Lipinski definition) is 1. The van der Waals surface area contributed by atoms with Gasteiger partial charge in [0.15, 0.2) is 0 Å². The molecule has 9 heteroatoms. The molecule has 0 radical (unpaired) electrons. The fourth-order valence-electron chi connectivity index (χ4n) is 3.95. The summed E-state index contributed by atoms with van der Waals surface area (Å²) < 4.78 is 40.0. The van der Waals surface area contributed by atoms with E-state index in [-0.39, 0.29) is 5.82 Å². The van der Waals surface area contributed by atoms with Gasteiger partial charge in [-0.1, -0.05) is 12.1 Å². The summed E-state index contributed by atoms with van der Waals surface area (Å²) in [6.45, 7) is 0. The molecule has 1 N–H and O–H groups in total. The van der Waals surface area contributed by atoms with Crippen LogP contribution in [0.5, 0.6) is 0 Å². The van der Waals surface area contributed by atoms with Crippen LogP contribution in [0.3, 0.4) is 0 Å². The molecule has 0 unspecified atom stereocenters. The first kappa shape index (κ1) is 21.6. The van der Waals surface area contributed by atoms with Gasteiger partial charge in [-0.3, -0.25) is 4.98 Å². The van der Waals surface area contributed by atoms with Crippen molar-refractivity contribution in [1.29, 1.82) is 0 Å². The normalized spacial score (nSPS) is 11.7. The maximum Gasteiger partial charge on any atom is 0.416 e. The van der Waals surface area contributed by atoms with Crippen LogP contribution in [0.4, 0.5) is 30.6 Å². The predicted molar refractivity (Wildman–Crippen MR) is 127 cm³/mol. The standard InChI is InChI=1S/C25H19F3N6/c1-29-24-32-14-17-11-15(3-5-20(17)33-24)23-19-8-9-30-13-16(19)4-6-21(23)34(2)22-12-18(7-10-31-22)25(26,27)28/h3-14H,1-2H3,(H,29,32,33). The summed E-state index contributed by atoms with van der Waals surface area (Å²) in [6, 6.07) is 13.5. The van der Waals surface area contributed by atoms with Crippen molar-refractivity contribution in [2.45, 2.75) is 6.18 Å². The smallest absolute Gasteiger partial charge is 0.357 e. The zero-order valence-electron chi connectivity index (χ0n) is 18.3. The Balaban J connectivity index is 1.71. The van der Waals surface area contributed by atoms with E-state index >= 15 is 0 Å². The highest BCUT2D eigenvalue weighted by Crippen LogP contribution is 2.40. The number of nitrogens with zero attached hydrogens (tertiary/aromatic N) is 5. The molecule has 0 amide bonds. The fourth-order valence-corrected chi connectivity index (χ4v) is 3.95. The Morgan fingerprint density at radius 3 is 2.53 bits per heavy atom. The van der Waals surface area contributed by atoms with Crippen molar-refractivity contribution in [1.82, 2.24) is 19.9 Å². The van der Waals surface area contributed by atoms with Gasteiger partial charge in [-0.2, -0.15) is 13.2 Å². The van der Waals surface area contributed by atoms with Crippen molar-refractivity contribution < 1.29 is 13.2 Å². The zero-order chi connectivity index (χ0) is 23.9. The Kier molecular flexibility index (Phi) is 5.24. The molecule has 3 aromatic heterocycles. The van der Waals surface area contributed by atoms with E-state index in [0.29, 0.717) is 11.6 Å². The Bertz CT molecular complexity index is 1520. The summed E-state index contributed by atoms with van der Waals surface area (Å²) in [5, 5.41) is 5.59. The lowest BCUT2D eigenvalue weighted by Gasteiger charge is -2.24. The van der Waals surface area contributed by atoms with Crippen LogP contribution in [-0.4, -0.2) is 34.0 Å². The summed E-state index contributed by atoms with van der Waals surface area (Å²) in [5.41, 5.74) is 2.45. The molecule has 5 aromatic rings. The van der Waals surface area contributed by atoms with Gasteiger partial charge in [-0.15, -0.1) is 0 Å². The van der Waals surface area contributed by atoms with Crippen LogP contribution in [0.15, 0.2) is 73.3 Å². The van der Waals surface area contributed by atoms with Crippen molar-refractivity contribution in [2.75, 3.05) is 24.3 Å². The molecular formula is C25H19F3N6. The molecule has 5 rings (SSSR count). The fraction of sp³-hybridized carbons (Fsp3) is 0.120. The van der Waals surface area contributed by atoms with Crippen LogP contribution in [0.2, 0.25) is 0 Å². The Morgan fingerprint density at radius 2 is 1.74 bits per heavy atom. The highest BCUT2D eigenvalue weighted by atomic mass is 19.4. The Hall–Kier alpha value is -4.27. The number of rotatable bonds is 4. The van der Waals surface area contributed by atoms with Crippen molar-refractivity contribution >= 4 is 39.1 Å². The number of aromatic nitrogens is 4. The number of fused-ring (bicyclic) bond motifs is 2. The SMILES string of the molecule is CNc1ncc2cc(-c3c(N(C)c4cc(C(F)(F)F)ccn4)ccc4cnccc34)ccc2n1. The summed E-state index contributed by atoms with van der Waals surface area (Å²) in [6.07, 6.45) is 1.91. The number of hydrogen-bond acceptors (Lipinski definition) is 6. The van der Waals surface area contributed by atoms with Gasteiger partial charge < -0.3 is 10.2 Å². The number of benzene rings is 2. The second kappa shape index (κ2) is 8.26. The molecule has 3 heterocycles. The van der Waals surface area contributed by atoms with Gasteiger partial charge in [0.2, 0.25) is 5.95 Å². The summed E-state index contributed by atoms with van der Waals surface area (Å²) in [7, 11) is 3.46. The maximum atomic E-state index is 13.3. The molecule has 34 heavy (non-hydrogen) atoms. The highest BCUT2D eigenvalue weighted by molar-refractivity contribution is 6.04. The van der Waals surface area contributed by atoms with Crippen LogP contribution in [-0.2, 0) is 6.18 Å². The summed E-state index contributed by atoms with van der Waals surface area (Å²) >= 11 is 0. The number of anilines is 3. The van der Waals surface area contributed by atoms with Gasteiger partial charge in [-0.05, 0) is 47.3 Å². The molecule has 170 valence electrons. The van der Waals surface area contributed by atoms with E-state index in [0.717, 1.165) is 44.9 Å². The van der Waals surface area contributed by atoms with E-state index < -0.39 is 11.7 Å². The van der Waals surface area contributed by atoms with E-state index in [1.807, 2.05) is 36.4 Å². The third-order valence-electron chi connectivity index (χ3n) is 5.67. The van der Waals surface area contributed by atoms with Gasteiger partial charge in [0.05, 0.1) is 16.8 Å². The first-order chi connectivity index (χ1) is 16.3. The van der Waals surface area contributed by atoms with E-state index in [9.17, 15) is 13.2 Å². The predicted octanol–water partition coefficient (Wildman–Crippen LogP) is 6.07. The zero-order valence-corrected chi connectivity index (χ0v) is 18.3. The molecule has 0 saturated heterocycles. The van der Waals surface area contributed by atoms with Gasteiger partial charge in [-0.25, -0.2) is 15.0 Å². The quantitative estimate of drug-likeness (QED) is 0.351. The lowest BCUT2D eigenvalue weighted by atomic mass is 9.96. The molecule has 0 bridgehead atoms. The third kappa shape index (κ3) is 3.85. The molecule has 0 fully saturated rings. The summed E-state index contributed by atoms with van der Waals surface area (Å²) in [4.78, 5) is 18.8. The number of pyridine rings is 2. The minimum atomic E-state index is -4.46. The van der Waals surface area contributed by atoms with Gasteiger partial charge >= 0.3 is 6.18 Å². The van der Waals surface area contributed by atoms with Crippen LogP contribution in [0.25, 0.3) is 32.8 Å². The van der Waals surface area contributed by atoms with Crippen molar-refractivity contribution in [2.24, 2.45) is 0 Å². The molecule has 0 atom stereocenters. The lowest BCUT2D eigenvalue weighted by Crippen LogP contribution is -2.14. The molecule has 0 saturated carbocycles. The van der Waals surface area contributed by atoms with Gasteiger partial charge in [0.25, 0.3) is 0 Å². The number of nitrogens with one attached hydrogen (secondary N) is 1. The monoisotopic (exact) mass is 460 g/mol. The Morgan fingerprint density at radius 1 is 0.882 bits per heavy atom. The van der Waals surface area contributed by atoms with Crippen LogP contribution in [0.1, 0.15) is 5.56 Å². The molecule has 0 aliphatic heterocycles. The average molecular weight is 460 g/mol. The van der Waals surface area contributed by atoms with Crippen LogP contribution in [0, 0.1) is 0 Å². The minimum Gasteiger partial charge on any atom is -0.357 e. The second-order valence-electron chi connectivity index (χ2n) is 7.73. The van der Waals surface area contributed by atoms with Gasteiger partial charge in [0.1, 0.15) is 5.82 Å². The molecular weight excluding hydrogens is 441 g/mol. The van der Waals surface area contributed by atoms with Crippen molar-refractivity contribution in [3.8, 4) is 11.1 Å². The average Bonchev–Trinajstić information content (AvgIpc) is 2.86. The number of alkyl halides is 3. The lowest BCUT2D eigenvalue weighted by molar-refractivity contribution is -0.137. The molecule has 2 aromatic carbocycles. The number of halogens is 3. The van der Waals surface area contributed by atoms with Gasteiger partial charge in [0, 0.05) is 55.2 Å². The first-order valence-electron chi connectivity index (χ1n) is 10.4. The van der Waals surface area contributed by atoms with Crippen molar-refractivity contribution in [3.63, 3.8) is 0 Å². The van der Waals surface area contributed by atoms with Crippen molar-refractivity contribution in [3.05, 3.63) is 78.9 Å². The largest absolute Gasteiger partial charge is 0.416 e. The van der Waals surface area contributed by atoms with E-state index in [4.69, 9.17) is 0 Å². The highest BCUT2D eigenvalue weighted by Gasteiger charge is 2.31.